The summed E-state index contributed by atoms with van der Waals surface area (Å²) >= 11 is 0. The lowest BCUT2D eigenvalue weighted by atomic mass is 10.1. The second-order valence-corrected chi connectivity index (χ2v) is 5.52. The number of aromatic nitrogens is 2. The first-order chi connectivity index (χ1) is 11.3. The van der Waals surface area contributed by atoms with Gasteiger partial charge >= 0.3 is 6.03 Å². The van der Waals surface area contributed by atoms with Crippen LogP contribution in [0.2, 0.25) is 0 Å². The molecule has 7 nitrogen and oxygen atoms in total. The normalized spacial score (nSPS) is 17.2. The van der Waals surface area contributed by atoms with Gasteiger partial charge in [-0.05, 0) is 31.5 Å². The van der Waals surface area contributed by atoms with E-state index in [4.69, 9.17) is 9.15 Å². The Morgan fingerprint density at radius 3 is 3.09 bits per heavy atom. The topological polar surface area (TPSA) is 80.5 Å². The quantitative estimate of drug-likeness (QED) is 0.917. The molecule has 0 radical (unpaired) electrons. The largest absolute Gasteiger partial charge is 0.423 e. The average Bonchev–Trinajstić information content (AvgIpc) is 3.26. The summed E-state index contributed by atoms with van der Waals surface area (Å²) in [6.07, 6.45) is 2.29. The van der Waals surface area contributed by atoms with Crippen molar-refractivity contribution in [2.45, 2.75) is 13.3 Å². The Bertz CT molecular complexity index is 639. The van der Waals surface area contributed by atoms with Crippen molar-refractivity contribution in [3.63, 3.8) is 0 Å². The zero-order chi connectivity index (χ0) is 16.1. The van der Waals surface area contributed by atoms with Gasteiger partial charge in [-0.15, -0.1) is 10.2 Å². The second-order valence-electron chi connectivity index (χ2n) is 5.52. The van der Waals surface area contributed by atoms with Gasteiger partial charge in [0.2, 0.25) is 12.3 Å². The monoisotopic (exact) mass is 316 g/mol. The van der Waals surface area contributed by atoms with Crippen LogP contribution in [0.1, 0.15) is 13.3 Å². The Morgan fingerprint density at radius 1 is 1.48 bits per heavy atom. The molecular weight excluding hydrogens is 296 g/mol. The Hall–Kier alpha value is -2.41. The number of benzene rings is 1. The molecular formula is C16H20N4O3. The predicted octanol–water partition coefficient (Wildman–Crippen LogP) is 2.63. The fourth-order valence-electron chi connectivity index (χ4n) is 2.63. The summed E-state index contributed by atoms with van der Waals surface area (Å²) in [5.74, 6) is 0.849. The van der Waals surface area contributed by atoms with Crippen molar-refractivity contribution in [2.24, 2.45) is 5.92 Å². The van der Waals surface area contributed by atoms with E-state index in [0.29, 0.717) is 30.6 Å². The van der Waals surface area contributed by atoms with Crippen LogP contribution in [0.25, 0.3) is 11.5 Å². The summed E-state index contributed by atoms with van der Waals surface area (Å²) in [7, 11) is 0. The summed E-state index contributed by atoms with van der Waals surface area (Å²) in [5, 5.41) is 10.5. The Morgan fingerprint density at radius 2 is 2.39 bits per heavy atom. The number of hydrogen-bond donors (Lipinski definition) is 1. The number of carbonyl (C=O) groups is 1. The molecule has 2 aromatic rings. The van der Waals surface area contributed by atoms with E-state index in [1.807, 2.05) is 31.2 Å². The maximum atomic E-state index is 12.5. The predicted molar refractivity (Wildman–Crippen MR) is 84.9 cm³/mol. The smallest absolute Gasteiger partial charge is 0.321 e. The van der Waals surface area contributed by atoms with Crippen molar-refractivity contribution < 1.29 is 13.9 Å². The van der Waals surface area contributed by atoms with Crippen LogP contribution in [-0.2, 0) is 4.74 Å². The minimum Gasteiger partial charge on any atom is -0.423 e. The van der Waals surface area contributed by atoms with Gasteiger partial charge in [-0.1, -0.05) is 6.07 Å². The molecule has 1 fully saturated rings. The van der Waals surface area contributed by atoms with E-state index >= 15 is 0 Å². The molecule has 1 saturated heterocycles. The van der Waals surface area contributed by atoms with Crippen molar-refractivity contribution in [3.05, 3.63) is 30.7 Å². The van der Waals surface area contributed by atoms with Crippen LogP contribution < -0.4 is 5.32 Å². The summed E-state index contributed by atoms with van der Waals surface area (Å²) in [6.45, 7) is 4.87. The molecule has 7 heteroatoms. The number of carbonyl (C=O) groups excluding carboxylic acids is 1. The van der Waals surface area contributed by atoms with Crippen molar-refractivity contribution in [2.75, 3.05) is 31.6 Å². The maximum absolute atomic E-state index is 12.5. The van der Waals surface area contributed by atoms with Gasteiger partial charge in [0, 0.05) is 36.9 Å². The first-order valence-electron chi connectivity index (χ1n) is 7.76. The molecule has 0 saturated carbocycles. The molecule has 1 N–H and O–H groups in total. The molecule has 0 spiro atoms. The van der Waals surface area contributed by atoms with Crippen LogP contribution >= 0.6 is 0 Å². The first-order valence-corrected chi connectivity index (χ1v) is 7.76. The third-order valence-corrected chi connectivity index (χ3v) is 3.89. The molecule has 0 bridgehead atoms. The highest BCUT2D eigenvalue weighted by molar-refractivity contribution is 5.90. The summed E-state index contributed by atoms with van der Waals surface area (Å²) < 4.78 is 10.6. The van der Waals surface area contributed by atoms with Crippen LogP contribution in [0.3, 0.4) is 0 Å². The Labute approximate surface area is 134 Å². The summed E-state index contributed by atoms with van der Waals surface area (Å²) in [5.41, 5.74) is 1.47. The van der Waals surface area contributed by atoms with Crippen molar-refractivity contribution in [1.82, 2.24) is 15.1 Å². The zero-order valence-electron chi connectivity index (χ0n) is 13.1. The van der Waals surface area contributed by atoms with E-state index in [1.54, 1.807) is 4.90 Å². The van der Waals surface area contributed by atoms with Gasteiger partial charge in [0.05, 0.1) is 6.61 Å². The molecule has 122 valence electrons. The fourth-order valence-corrected chi connectivity index (χ4v) is 2.63. The lowest BCUT2D eigenvalue weighted by Gasteiger charge is -2.24. The van der Waals surface area contributed by atoms with Crippen molar-refractivity contribution in [1.29, 1.82) is 0 Å². The molecule has 1 aromatic carbocycles. The number of anilines is 1. The van der Waals surface area contributed by atoms with Gasteiger partial charge in [0.1, 0.15) is 0 Å². The van der Waals surface area contributed by atoms with Gasteiger partial charge in [0.15, 0.2) is 0 Å². The molecule has 2 heterocycles. The number of hydrogen-bond acceptors (Lipinski definition) is 5. The summed E-state index contributed by atoms with van der Waals surface area (Å²) in [4.78, 5) is 14.3. The first kappa shape index (κ1) is 15.5. The minimum atomic E-state index is -0.109. The molecule has 2 amide bonds. The van der Waals surface area contributed by atoms with Crippen LogP contribution in [0.5, 0.6) is 0 Å². The molecule has 1 aliphatic rings. The number of urea groups is 1. The van der Waals surface area contributed by atoms with Crippen LogP contribution in [0.4, 0.5) is 10.5 Å². The fraction of sp³-hybridized carbons (Fsp3) is 0.438. The molecule has 1 aromatic heterocycles. The van der Waals surface area contributed by atoms with Crippen LogP contribution in [0.15, 0.2) is 35.1 Å². The highest BCUT2D eigenvalue weighted by Crippen LogP contribution is 2.21. The zero-order valence-corrected chi connectivity index (χ0v) is 13.1. The highest BCUT2D eigenvalue weighted by atomic mass is 16.5. The Kier molecular flexibility index (Phi) is 4.87. The third kappa shape index (κ3) is 3.87. The van der Waals surface area contributed by atoms with Gasteiger partial charge < -0.3 is 19.4 Å². The van der Waals surface area contributed by atoms with Crippen molar-refractivity contribution >= 4 is 11.7 Å². The van der Waals surface area contributed by atoms with Gasteiger partial charge in [-0.2, -0.15) is 0 Å². The van der Waals surface area contributed by atoms with Gasteiger partial charge in [-0.3, -0.25) is 0 Å². The third-order valence-electron chi connectivity index (χ3n) is 3.89. The average molecular weight is 316 g/mol. The number of rotatable bonds is 5. The number of nitrogens with zero attached hydrogens (tertiary/aromatic N) is 3. The number of nitrogens with one attached hydrogen (secondary N) is 1. The molecule has 23 heavy (non-hydrogen) atoms. The standard InChI is InChI=1S/C16H20N4O3/c1-2-20(9-12-6-7-22-10-12)16(21)18-14-5-3-4-13(8-14)15-19-17-11-23-15/h3-5,8,11-12H,2,6-7,9-10H2,1H3,(H,18,21)/t12-/m1/s1. The number of ether oxygens (including phenoxy) is 1. The van der Waals surface area contributed by atoms with Crippen LogP contribution in [-0.4, -0.2) is 47.4 Å². The van der Waals surface area contributed by atoms with Crippen LogP contribution in [0, 0.1) is 5.92 Å². The second kappa shape index (κ2) is 7.23. The minimum absolute atomic E-state index is 0.109. The van der Waals surface area contributed by atoms with E-state index in [-0.39, 0.29) is 6.03 Å². The van der Waals surface area contributed by atoms with Gasteiger partial charge in [-0.25, -0.2) is 4.79 Å². The van der Waals surface area contributed by atoms with E-state index in [1.165, 1.54) is 6.39 Å². The lowest BCUT2D eigenvalue weighted by Crippen LogP contribution is -2.38. The molecule has 1 aliphatic heterocycles. The highest BCUT2D eigenvalue weighted by Gasteiger charge is 2.21. The Balaban J connectivity index is 1.65. The van der Waals surface area contributed by atoms with Gasteiger partial charge in [0.25, 0.3) is 0 Å². The molecule has 0 unspecified atom stereocenters. The molecule has 3 rings (SSSR count). The van der Waals surface area contributed by atoms with E-state index in [2.05, 4.69) is 15.5 Å². The number of amides is 2. The maximum Gasteiger partial charge on any atom is 0.321 e. The SMILES string of the molecule is CCN(C[C@H]1CCOC1)C(=O)Nc1cccc(-c2nnco2)c1. The summed E-state index contributed by atoms with van der Waals surface area (Å²) in [6, 6.07) is 7.25. The van der Waals surface area contributed by atoms with Crippen molar-refractivity contribution in [3.8, 4) is 11.5 Å². The van der Waals surface area contributed by atoms with E-state index < -0.39 is 0 Å². The lowest BCUT2D eigenvalue weighted by molar-refractivity contribution is 0.171. The molecule has 0 aliphatic carbocycles. The van der Waals surface area contributed by atoms with E-state index in [0.717, 1.165) is 25.2 Å². The molecule has 1 atom stereocenters. The van der Waals surface area contributed by atoms with E-state index in [9.17, 15) is 4.79 Å².